The molecule has 4 aromatic rings. The SMILES string of the molecule is COc1cccc(/C=N\NC(=O)c2[nH]c3ccc(C)cc3c2-c2ccccc2)c1OC. The van der Waals surface area contributed by atoms with Crippen molar-refractivity contribution in [1.29, 1.82) is 0 Å². The molecule has 0 aliphatic heterocycles. The highest BCUT2D eigenvalue weighted by atomic mass is 16.5. The van der Waals surface area contributed by atoms with Crippen LogP contribution in [0.2, 0.25) is 0 Å². The Hall–Kier alpha value is -4.06. The third-order valence-corrected chi connectivity index (χ3v) is 5.05. The first-order valence-electron chi connectivity index (χ1n) is 9.84. The number of hydrazone groups is 1. The fourth-order valence-electron chi connectivity index (χ4n) is 3.61. The molecule has 1 heterocycles. The summed E-state index contributed by atoms with van der Waals surface area (Å²) in [5, 5.41) is 5.14. The molecule has 0 spiro atoms. The summed E-state index contributed by atoms with van der Waals surface area (Å²) < 4.78 is 10.7. The molecule has 0 atom stereocenters. The second-order valence-corrected chi connectivity index (χ2v) is 7.07. The highest BCUT2D eigenvalue weighted by Crippen LogP contribution is 2.33. The van der Waals surface area contributed by atoms with Crippen molar-refractivity contribution in [1.82, 2.24) is 10.4 Å². The molecule has 0 saturated heterocycles. The number of amides is 1. The smallest absolute Gasteiger partial charge is 0.288 e. The van der Waals surface area contributed by atoms with Gasteiger partial charge in [0.1, 0.15) is 5.69 Å². The number of nitrogens with zero attached hydrogens (tertiary/aromatic N) is 1. The molecular formula is C25H23N3O3. The molecule has 0 bridgehead atoms. The zero-order valence-corrected chi connectivity index (χ0v) is 17.6. The molecule has 4 rings (SSSR count). The molecule has 0 radical (unpaired) electrons. The van der Waals surface area contributed by atoms with E-state index in [0.717, 1.165) is 27.6 Å². The van der Waals surface area contributed by atoms with Crippen LogP contribution < -0.4 is 14.9 Å². The highest BCUT2D eigenvalue weighted by Gasteiger charge is 2.19. The lowest BCUT2D eigenvalue weighted by atomic mass is 10.0. The molecule has 156 valence electrons. The van der Waals surface area contributed by atoms with E-state index in [0.29, 0.717) is 22.8 Å². The van der Waals surface area contributed by atoms with Gasteiger partial charge in [-0.05, 0) is 36.8 Å². The molecule has 6 heteroatoms. The Balaban J connectivity index is 1.68. The monoisotopic (exact) mass is 413 g/mol. The second kappa shape index (κ2) is 8.75. The van der Waals surface area contributed by atoms with Crippen LogP contribution in [0.5, 0.6) is 11.5 Å². The molecule has 0 aliphatic carbocycles. The number of methoxy groups -OCH3 is 2. The van der Waals surface area contributed by atoms with Gasteiger partial charge in [-0.2, -0.15) is 5.10 Å². The third-order valence-electron chi connectivity index (χ3n) is 5.05. The number of aromatic nitrogens is 1. The maximum absolute atomic E-state index is 13.0. The summed E-state index contributed by atoms with van der Waals surface area (Å²) >= 11 is 0. The van der Waals surface area contributed by atoms with Gasteiger partial charge < -0.3 is 14.5 Å². The van der Waals surface area contributed by atoms with Crippen LogP contribution in [0.15, 0.2) is 71.8 Å². The summed E-state index contributed by atoms with van der Waals surface area (Å²) in [7, 11) is 3.13. The number of carbonyl (C=O) groups excluding carboxylic acids is 1. The predicted molar refractivity (Wildman–Crippen MR) is 123 cm³/mol. The lowest BCUT2D eigenvalue weighted by molar-refractivity contribution is 0.0951. The van der Waals surface area contributed by atoms with Crippen LogP contribution in [0.1, 0.15) is 21.6 Å². The van der Waals surface area contributed by atoms with Gasteiger partial charge in [0.05, 0.1) is 20.4 Å². The minimum Gasteiger partial charge on any atom is -0.493 e. The largest absolute Gasteiger partial charge is 0.493 e. The Kier molecular flexibility index (Phi) is 5.71. The maximum Gasteiger partial charge on any atom is 0.288 e. The lowest BCUT2D eigenvalue weighted by Gasteiger charge is -2.09. The van der Waals surface area contributed by atoms with Gasteiger partial charge in [0.2, 0.25) is 0 Å². The van der Waals surface area contributed by atoms with E-state index in [2.05, 4.69) is 21.6 Å². The summed E-state index contributed by atoms with van der Waals surface area (Å²) in [5.74, 6) is 0.815. The maximum atomic E-state index is 13.0. The molecule has 1 amide bonds. The Labute approximate surface area is 180 Å². The van der Waals surface area contributed by atoms with E-state index >= 15 is 0 Å². The lowest BCUT2D eigenvalue weighted by Crippen LogP contribution is -2.19. The van der Waals surface area contributed by atoms with Crippen molar-refractivity contribution in [3.8, 4) is 22.6 Å². The number of carbonyl (C=O) groups is 1. The van der Waals surface area contributed by atoms with Crippen LogP contribution in [0.3, 0.4) is 0 Å². The third kappa shape index (κ3) is 4.00. The second-order valence-electron chi connectivity index (χ2n) is 7.07. The van der Waals surface area contributed by atoms with E-state index in [4.69, 9.17) is 9.47 Å². The van der Waals surface area contributed by atoms with E-state index in [1.807, 2.05) is 61.5 Å². The Morgan fingerprint density at radius 3 is 2.55 bits per heavy atom. The van der Waals surface area contributed by atoms with Gasteiger partial charge in [0.15, 0.2) is 11.5 Å². The van der Waals surface area contributed by atoms with Crippen LogP contribution in [-0.2, 0) is 0 Å². The first-order chi connectivity index (χ1) is 15.1. The first-order valence-corrected chi connectivity index (χ1v) is 9.84. The number of fused-ring (bicyclic) bond motifs is 1. The standard InChI is InChI=1S/C25H23N3O3/c1-16-12-13-20-19(14-16)22(17-8-5-4-6-9-17)23(27-20)25(29)28-26-15-18-10-7-11-21(30-2)24(18)31-3/h4-15,27H,1-3H3,(H,28,29)/b26-15-. The Bertz CT molecular complexity index is 1260. The molecule has 0 aliphatic rings. The van der Waals surface area contributed by atoms with Gasteiger partial charge >= 0.3 is 0 Å². The number of hydrogen-bond donors (Lipinski definition) is 2. The van der Waals surface area contributed by atoms with E-state index in [-0.39, 0.29) is 5.91 Å². The van der Waals surface area contributed by atoms with Crippen LogP contribution in [0.25, 0.3) is 22.0 Å². The number of aromatic amines is 1. The summed E-state index contributed by atoms with van der Waals surface area (Å²) in [6, 6.07) is 21.4. The van der Waals surface area contributed by atoms with Crippen molar-refractivity contribution in [2.45, 2.75) is 6.92 Å². The van der Waals surface area contributed by atoms with Crippen LogP contribution >= 0.6 is 0 Å². The molecule has 31 heavy (non-hydrogen) atoms. The zero-order chi connectivity index (χ0) is 21.8. The number of hydrogen-bond acceptors (Lipinski definition) is 4. The van der Waals surface area contributed by atoms with Crippen LogP contribution in [0.4, 0.5) is 0 Å². The van der Waals surface area contributed by atoms with E-state index in [1.165, 1.54) is 6.21 Å². The quantitative estimate of drug-likeness (QED) is 0.348. The average molecular weight is 413 g/mol. The van der Waals surface area contributed by atoms with Crippen molar-refractivity contribution < 1.29 is 14.3 Å². The van der Waals surface area contributed by atoms with Crippen LogP contribution in [0, 0.1) is 6.92 Å². The number of rotatable bonds is 6. The van der Waals surface area contributed by atoms with Gasteiger partial charge in [-0.3, -0.25) is 4.79 Å². The number of para-hydroxylation sites is 1. The summed E-state index contributed by atoms with van der Waals surface area (Å²) in [5.41, 5.74) is 7.61. The van der Waals surface area contributed by atoms with Crippen molar-refractivity contribution in [2.24, 2.45) is 5.10 Å². The van der Waals surface area contributed by atoms with E-state index in [1.54, 1.807) is 20.3 Å². The van der Waals surface area contributed by atoms with Gasteiger partial charge in [-0.15, -0.1) is 0 Å². The van der Waals surface area contributed by atoms with Gasteiger partial charge in [0, 0.05) is 22.0 Å². The van der Waals surface area contributed by atoms with Crippen molar-refractivity contribution in [2.75, 3.05) is 14.2 Å². The van der Waals surface area contributed by atoms with Crippen LogP contribution in [-0.4, -0.2) is 31.3 Å². The number of ether oxygens (including phenoxy) is 2. The van der Waals surface area contributed by atoms with Gasteiger partial charge in [-0.1, -0.05) is 48.0 Å². The zero-order valence-electron chi connectivity index (χ0n) is 17.6. The Morgan fingerprint density at radius 2 is 1.81 bits per heavy atom. The molecule has 1 aromatic heterocycles. The molecule has 0 saturated carbocycles. The molecule has 6 nitrogen and oxygen atoms in total. The van der Waals surface area contributed by atoms with Crippen molar-refractivity contribution >= 4 is 23.0 Å². The average Bonchev–Trinajstić information content (AvgIpc) is 3.18. The number of benzene rings is 3. The van der Waals surface area contributed by atoms with E-state index in [9.17, 15) is 4.79 Å². The fraction of sp³-hybridized carbons (Fsp3) is 0.120. The topological polar surface area (TPSA) is 75.7 Å². The number of aryl methyl sites for hydroxylation is 1. The van der Waals surface area contributed by atoms with Gasteiger partial charge in [0.25, 0.3) is 5.91 Å². The Morgan fingerprint density at radius 1 is 1.00 bits per heavy atom. The molecule has 3 aromatic carbocycles. The van der Waals surface area contributed by atoms with Crippen molar-refractivity contribution in [3.05, 3.63) is 83.6 Å². The van der Waals surface area contributed by atoms with Crippen molar-refractivity contribution in [3.63, 3.8) is 0 Å². The minimum absolute atomic E-state index is 0.328. The predicted octanol–water partition coefficient (Wildman–Crippen LogP) is 4.92. The summed E-state index contributed by atoms with van der Waals surface area (Å²) in [6.45, 7) is 2.03. The molecular weight excluding hydrogens is 390 g/mol. The first kappa shape index (κ1) is 20.2. The fourth-order valence-corrected chi connectivity index (χ4v) is 3.61. The number of H-pyrrole nitrogens is 1. The molecule has 0 fully saturated rings. The molecule has 0 unspecified atom stereocenters. The number of nitrogens with one attached hydrogen (secondary N) is 2. The molecule has 2 N–H and O–H groups in total. The normalized spacial score (nSPS) is 11.1. The van der Waals surface area contributed by atoms with E-state index < -0.39 is 0 Å². The summed E-state index contributed by atoms with van der Waals surface area (Å²) in [6.07, 6.45) is 1.54. The minimum atomic E-state index is -0.328. The highest BCUT2D eigenvalue weighted by molar-refractivity contribution is 6.10. The van der Waals surface area contributed by atoms with Gasteiger partial charge in [-0.25, -0.2) is 5.43 Å². The summed E-state index contributed by atoms with van der Waals surface area (Å²) in [4.78, 5) is 16.3.